The minimum Gasteiger partial charge on any atom is -0.481 e. The maximum Gasteiger partial charge on any atom is 0.278 e. The van der Waals surface area contributed by atoms with Crippen LogP contribution in [0.15, 0.2) is 47.1 Å². The van der Waals surface area contributed by atoms with Crippen LogP contribution in [-0.4, -0.2) is 32.0 Å². The van der Waals surface area contributed by atoms with E-state index < -0.39 is 0 Å². The Morgan fingerprint density at radius 1 is 1.11 bits per heavy atom. The Morgan fingerprint density at radius 2 is 1.96 bits per heavy atom. The number of rotatable bonds is 4. The van der Waals surface area contributed by atoms with Crippen LogP contribution >= 0.6 is 0 Å². The third kappa shape index (κ3) is 2.85. The topological polar surface area (TPSA) is 78.9 Å². The van der Waals surface area contributed by atoms with E-state index >= 15 is 0 Å². The van der Waals surface area contributed by atoms with Gasteiger partial charge in [-0.25, -0.2) is 4.98 Å². The van der Waals surface area contributed by atoms with Gasteiger partial charge in [0, 0.05) is 23.2 Å². The number of aromatic nitrogens is 5. The summed E-state index contributed by atoms with van der Waals surface area (Å²) >= 11 is 0. The van der Waals surface area contributed by atoms with Crippen molar-refractivity contribution in [2.45, 2.75) is 31.7 Å². The number of hydrogen-bond acceptors (Lipinski definition) is 6. The van der Waals surface area contributed by atoms with E-state index in [1.165, 1.54) is 25.7 Å². The number of ether oxygens (including phenoxy) is 1. The summed E-state index contributed by atoms with van der Waals surface area (Å²) in [5.41, 5.74) is 2.34. The van der Waals surface area contributed by atoms with Crippen LogP contribution in [0.3, 0.4) is 0 Å². The summed E-state index contributed by atoms with van der Waals surface area (Å²) in [5.74, 6) is 1.43. The van der Waals surface area contributed by atoms with Crippen molar-refractivity contribution in [2.75, 3.05) is 7.11 Å². The van der Waals surface area contributed by atoms with Gasteiger partial charge in [0.1, 0.15) is 0 Å². The molecular weight excluding hydrogens is 342 g/mol. The van der Waals surface area contributed by atoms with E-state index in [2.05, 4.69) is 20.2 Å². The highest BCUT2D eigenvalue weighted by molar-refractivity contribution is 5.93. The second-order valence-electron chi connectivity index (χ2n) is 6.77. The van der Waals surface area contributed by atoms with E-state index in [1.807, 2.05) is 47.3 Å². The zero-order chi connectivity index (χ0) is 18.2. The molecule has 1 saturated carbocycles. The van der Waals surface area contributed by atoms with E-state index in [4.69, 9.17) is 9.26 Å². The zero-order valence-corrected chi connectivity index (χ0v) is 15.0. The maximum atomic E-state index is 5.51. The van der Waals surface area contributed by atoms with Crippen LogP contribution in [0.2, 0.25) is 0 Å². The quantitative estimate of drug-likeness (QED) is 0.540. The zero-order valence-electron chi connectivity index (χ0n) is 15.0. The lowest BCUT2D eigenvalue weighted by atomic mass is 10.1. The third-order valence-corrected chi connectivity index (χ3v) is 5.10. The Hall–Kier alpha value is -3.22. The molecule has 0 atom stereocenters. The predicted molar refractivity (Wildman–Crippen MR) is 100 cm³/mol. The van der Waals surface area contributed by atoms with Crippen LogP contribution in [0.1, 0.15) is 31.7 Å². The predicted octanol–water partition coefficient (Wildman–Crippen LogP) is 4.27. The molecule has 136 valence electrons. The van der Waals surface area contributed by atoms with Gasteiger partial charge in [0.2, 0.25) is 11.7 Å². The summed E-state index contributed by atoms with van der Waals surface area (Å²) in [4.78, 5) is 9.05. The first-order valence-corrected chi connectivity index (χ1v) is 9.15. The van der Waals surface area contributed by atoms with E-state index in [0.717, 1.165) is 16.5 Å². The Balaban J connectivity index is 1.53. The molecule has 1 aliphatic carbocycles. The van der Waals surface area contributed by atoms with Crippen LogP contribution in [-0.2, 0) is 0 Å². The van der Waals surface area contributed by atoms with Gasteiger partial charge in [-0.15, -0.1) is 0 Å². The molecule has 0 radical (unpaired) electrons. The number of hydrogen-bond donors (Lipinski definition) is 0. The van der Waals surface area contributed by atoms with Gasteiger partial charge in [0.15, 0.2) is 5.69 Å². The normalized spacial score (nSPS) is 14.9. The fourth-order valence-electron chi connectivity index (χ4n) is 3.70. The molecule has 3 heterocycles. The van der Waals surface area contributed by atoms with Crippen molar-refractivity contribution < 1.29 is 9.26 Å². The molecule has 1 aliphatic rings. The summed E-state index contributed by atoms with van der Waals surface area (Å²) in [6.07, 6.45) is 6.89. The van der Waals surface area contributed by atoms with Gasteiger partial charge in [0.25, 0.3) is 5.89 Å². The third-order valence-electron chi connectivity index (χ3n) is 5.10. The summed E-state index contributed by atoms with van der Waals surface area (Å²) < 4.78 is 12.9. The smallest absolute Gasteiger partial charge is 0.278 e. The first kappa shape index (κ1) is 16.0. The monoisotopic (exact) mass is 361 g/mol. The highest BCUT2D eigenvalue weighted by Gasteiger charge is 2.20. The lowest BCUT2D eigenvalue weighted by Gasteiger charge is -2.08. The molecule has 0 N–H and O–H groups in total. The number of benzene rings is 1. The standard InChI is InChI=1S/C20H19N5O2/c1-26-18-12-15(14-8-4-5-9-16(14)21-18)19-22-20(27-24-19)17-10-11-25(23-17)13-6-2-3-7-13/h4-5,8-13H,2-3,6-7H2,1H3. The molecule has 0 spiro atoms. The average molecular weight is 361 g/mol. The van der Waals surface area contributed by atoms with Gasteiger partial charge in [-0.2, -0.15) is 10.1 Å². The molecule has 0 saturated heterocycles. The van der Waals surface area contributed by atoms with Crippen molar-refractivity contribution in [1.82, 2.24) is 24.9 Å². The Labute approximate surface area is 156 Å². The van der Waals surface area contributed by atoms with Crippen LogP contribution in [0, 0.1) is 0 Å². The Morgan fingerprint density at radius 3 is 2.81 bits per heavy atom. The highest BCUT2D eigenvalue weighted by atomic mass is 16.5. The molecule has 27 heavy (non-hydrogen) atoms. The first-order valence-electron chi connectivity index (χ1n) is 9.15. The van der Waals surface area contributed by atoms with Crippen molar-refractivity contribution in [3.63, 3.8) is 0 Å². The minimum atomic E-state index is 0.418. The SMILES string of the molecule is COc1cc(-c2noc(-c3ccn(C4CCCC4)n3)n2)c2ccccc2n1. The minimum absolute atomic E-state index is 0.418. The lowest BCUT2D eigenvalue weighted by Crippen LogP contribution is -2.04. The van der Waals surface area contributed by atoms with Crippen LogP contribution < -0.4 is 4.74 Å². The van der Waals surface area contributed by atoms with Crippen molar-refractivity contribution >= 4 is 10.9 Å². The van der Waals surface area contributed by atoms with Gasteiger partial charge in [0.05, 0.1) is 18.7 Å². The van der Waals surface area contributed by atoms with Crippen LogP contribution in [0.4, 0.5) is 0 Å². The van der Waals surface area contributed by atoms with Gasteiger partial charge in [-0.1, -0.05) is 36.2 Å². The summed E-state index contributed by atoms with van der Waals surface area (Å²) in [7, 11) is 1.60. The largest absolute Gasteiger partial charge is 0.481 e. The molecule has 5 rings (SSSR count). The molecule has 7 nitrogen and oxygen atoms in total. The second kappa shape index (κ2) is 6.50. The number of para-hydroxylation sites is 1. The van der Waals surface area contributed by atoms with Gasteiger partial charge in [-0.3, -0.25) is 4.68 Å². The van der Waals surface area contributed by atoms with Crippen molar-refractivity contribution in [3.05, 3.63) is 42.6 Å². The molecule has 1 fully saturated rings. The van der Waals surface area contributed by atoms with Crippen LogP contribution in [0.25, 0.3) is 33.9 Å². The number of nitrogens with zero attached hydrogens (tertiary/aromatic N) is 5. The summed E-state index contributed by atoms with van der Waals surface area (Å²) in [6.45, 7) is 0. The van der Waals surface area contributed by atoms with E-state index in [0.29, 0.717) is 29.3 Å². The Bertz CT molecular complexity index is 1090. The van der Waals surface area contributed by atoms with E-state index in [9.17, 15) is 0 Å². The van der Waals surface area contributed by atoms with Gasteiger partial charge in [-0.05, 0) is 25.0 Å². The fraction of sp³-hybridized carbons (Fsp3) is 0.300. The van der Waals surface area contributed by atoms with E-state index in [-0.39, 0.29) is 0 Å². The fourth-order valence-corrected chi connectivity index (χ4v) is 3.70. The lowest BCUT2D eigenvalue weighted by molar-refractivity contribution is 0.399. The Kier molecular flexibility index (Phi) is 3.85. The van der Waals surface area contributed by atoms with Crippen LogP contribution in [0.5, 0.6) is 5.88 Å². The molecule has 0 bridgehead atoms. The molecule has 0 unspecified atom stereocenters. The molecule has 0 aliphatic heterocycles. The van der Waals surface area contributed by atoms with Crippen molar-refractivity contribution in [3.8, 4) is 28.9 Å². The van der Waals surface area contributed by atoms with E-state index in [1.54, 1.807) is 7.11 Å². The average Bonchev–Trinajstić information content (AvgIpc) is 3.47. The number of methoxy groups -OCH3 is 1. The maximum absolute atomic E-state index is 5.51. The van der Waals surface area contributed by atoms with Gasteiger partial charge < -0.3 is 9.26 Å². The number of fused-ring (bicyclic) bond motifs is 1. The molecule has 4 aromatic rings. The molecule has 0 amide bonds. The first-order chi connectivity index (χ1) is 13.3. The molecule has 1 aromatic carbocycles. The summed E-state index contributed by atoms with van der Waals surface area (Å²) in [6, 6.07) is 12.1. The summed E-state index contributed by atoms with van der Waals surface area (Å²) in [5, 5.41) is 9.77. The van der Waals surface area contributed by atoms with Crippen molar-refractivity contribution in [1.29, 1.82) is 0 Å². The van der Waals surface area contributed by atoms with Crippen molar-refractivity contribution in [2.24, 2.45) is 0 Å². The van der Waals surface area contributed by atoms with Gasteiger partial charge >= 0.3 is 0 Å². The highest BCUT2D eigenvalue weighted by Crippen LogP contribution is 2.32. The number of pyridine rings is 1. The molecule has 3 aromatic heterocycles. The molecular formula is C20H19N5O2. The molecule has 7 heteroatoms. The second-order valence-corrected chi connectivity index (χ2v) is 6.77.